The minimum absolute atomic E-state index is 0.0171. The fourth-order valence-corrected chi connectivity index (χ4v) is 5.59. The molecule has 2 aliphatic heterocycles. The van der Waals surface area contributed by atoms with Gasteiger partial charge in [0, 0.05) is 42.3 Å². The number of carbonyl (C=O) groups is 2. The molecule has 4 rings (SSSR count). The standard InChI is InChI=1S/C29H38BrN3O3/c1-4-5-15-31-28(34)26-24-18-22(30)11-12-25(24)36-27(20(2)3)29(35)33(26)23-13-16-32(17-14-23)19-21-9-7-6-8-10-21/h6-12,18,20,23,26-27H,4-5,13-17,19H2,1-3H3,(H,31,34). The summed E-state index contributed by atoms with van der Waals surface area (Å²) in [6.07, 6.45) is 2.92. The normalized spacial score (nSPS) is 21.1. The maximum atomic E-state index is 14.1. The van der Waals surface area contributed by atoms with Gasteiger partial charge in [-0.05, 0) is 48.9 Å². The lowest BCUT2D eigenvalue weighted by atomic mass is 9.95. The van der Waals surface area contributed by atoms with Crippen molar-refractivity contribution in [3.63, 3.8) is 0 Å². The van der Waals surface area contributed by atoms with Crippen LogP contribution in [0.5, 0.6) is 5.75 Å². The molecule has 2 amide bonds. The van der Waals surface area contributed by atoms with Crippen molar-refractivity contribution in [2.24, 2.45) is 5.92 Å². The number of amides is 2. The Balaban J connectivity index is 1.63. The number of benzene rings is 2. The SMILES string of the molecule is CCCCNC(=O)C1c2cc(Br)ccc2OC(C(C)C)C(=O)N1C1CCN(Cc2ccccc2)CC1. The predicted octanol–water partition coefficient (Wildman–Crippen LogP) is 5.32. The molecule has 2 heterocycles. The molecular weight excluding hydrogens is 518 g/mol. The fourth-order valence-electron chi connectivity index (χ4n) is 5.21. The molecule has 0 aromatic heterocycles. The van der Waals surface area contributed by atoms with E-state index in [0.717, 1.165) is 55.4 Å². The first kappa shape index (κ1) is 26.7. The Morgan fingerprint density at radius 2 is 1.86 bits per heavy atom. The van der Waals surface area contributed by atoms with Crippen LogP contribution in [-0.2, 0) is 16.1 Å². The van der Waals surface area contributed by atoms with Crippen LogP contribution in [0.3, 0.4) is 0 Å². The van der Waals surface area contributed by atoms with E-state index in [2.05, 4.69) is 57.3 Å². The van der Waals surface area contributed by atoms with Gasteiger partial charge in [0.2, 0.25) is 5.91 Å². The maximum Gasteiger partial charge on any atom is 0.265 e. The number of rotatable bonds is 8. The fraction of sp³-hybridized carbons (Fsp3) is 0.517. The molecular formula is C29H38BrN3O3. The van der Waals surface area contributed by atoms with Gasteiger partial charge < -0.3 is 15.0 Å². The summed E-state index contributed by atoms with van der Waals surface area (Å²) < 4.78 is 7.18. The summed E-state index contributed by atoms with van der Waals surface area (Å²) in [5.41, 5.74) is 2.05. The van der Waals surface area contributed by atoms with E-state index in [0.29, 0.717) is 12.3 Å². The van der Waals surface area contributed by atoms with Crippen LogP contribution in [0.2, 0.25) is 0 Å². The minimum atomic E-state index is -0.712. The van der Waals surface area contributed by atoms with Crippen molar-refractivity contribution in [3.8, 4) is 5.75 Å². The highest BCUT2D eigenvalue weighted by atomic mass is 79.9. The summed E-state index contributed by atoms with van der Waals surface area (Å²) >= 11 is 3.57. The molecule has 7 heteroatoms. The smallest absolute Gasteiger partial charge is 0.265 e. The van der Waals surface area contributed by atoms with E-state index in [9.17, 15) is 9.59 Å². The van der Waals surface area contributed by atoms with Gasteiger partial charge in [0.25, 0.3) is 5.91 Å². The Morgan fingerprint density at radius 3 is 2.53 bits per heavy atom. The molecule has 1 fully saturated rings. The number of ether oxygens (including phenoxy) is 1. The Kier molecular flexibility index (Phi) is 9.07. The van der Waals surface area contributed by atoms with E-state index in [-0.39, 0.29) is 23.8 Å². The number of fused-ring (bicyclic) bond motifs is 1. The van der Waals surface area contributed by atoms with Crippen LogP contribution in [0, 0.1) is 5.92 Å². The van der Waals surface area contributed by atoms with Gasteiger partial charge in [-0.25, -0.2) is 0 Å². The van der Waals surface area contributed by atoms with Gasteiger partial charge in [-0.3, -0.25) is 14.5 Å². The zero-order valence-corrected chi connectivity index (χ0v) is 23.2. The number of hydrogen-bond donors (Lipinski definition) is 1. The number of carbonyl (C=O) groups excluding carboxylic acids is 2. The summed E-state index contributed by atoms with van der Waals surface area (Å²) in [5, 5.41) is 3.10. The first-order valence-electron chi connectivity index (χ1n) is 13.2. The van der Waals surface area contributed by atoms with Gasteiger partial charge in [0.15, 0.2) is 6.10 Å². The molecule has 2 aromatic carbocycles. The zero-order chi connectivity index (χ0) is 25.7. The number of piperidine rings is 1. The first-order chi connectivity index (χ1) is 17.4. The van der Waals surface area contributed by atoms with Gasteiger partial charge in [-0.15, -0.1) is 0 Å². The van der Waals surface area contributed by atoms with Gasteiger partial charge in [-0.2, -0.15) is 0 Å². The molecule has 2 unspecified atom stereocenters. The highest BCUT2D eigenvalue weighted by Gasteiger charge is 2.45. The summed E-state index contributed by atoms with van der Waals surface area (Å²) in [6, 6.07) is 15.5. The molecule has 0 radical (unpaired) electrons. The quantitative estimate of drug-likeness (QED) is 0.448. The van der Waals surface area contributed by atoms with Crippen LogP contribution in [0.1, 0.15) is 63.6 Å². The van der Waals surface area contributed by atoms with Gasteiger partial charge in [0.05, 0.1) is 0 Å². The van der Waals surface area contributed by atoms with Crippen molar-refractivity contribution in [3.05, 3.63) is 64.1 Å². The molecule has 194 valence electrons. The number of likely N-dealkylation sites (tertiary alicyclic amines) is 1. The van der Waals surface area contributed by atoms with Crippen LogP contribution in [0.25, 0.3) is 0 Å². The van der Waals surface area contributed by atoms with Gasteiger partial charge >= 0.3 is 0 Å². The van der Waals surface area contributed by atoms with Crippen LogP contribution < -0.4 is 10.1 Å². The minimum Gasteiger partial charge on any atom is -0.480 e. The molecule has 1 saturated heterocycles. The Morgan fingerprint density at radius 1 is 1.14 bits per heavy atom. The van der Waals surface area contributed by atoms with Gasteiger partial charge in [-0.1, -0.05) is 73.5 Å². The van der Waals surface area contributed by atoms with Crippen molar-refractivity contribution in [2.45, 2.75) is 71.2 Å². The summed E-state index contributed by atoms with van der Waals surface area (Å²) in [7, 11) is 0. The third-order valence-corrected chi connectivity index (χ3v) is 7.67. The molecule has 6 nitrogen and oxygen atoms in total. The van der Waals surface area contributed by atoms with E-state index in [4.69, 9.17) is 4.74 Å². The average molecular weight is 557 g/mol. The van der Waals surface area contributed by atoms with Crippen molar-refractivity contribution in [1.29, 1.82) is 0 Å². The molecule has 0 bridgehead atoms. The lowest BCUT2D eigenvalue weighted by molar-refractivity contribution is -0.150. The monoisotopic (exact) mass is 555 g/mol. The van der Waals surface area contributed by atoms with Crippen LogP contribution in [-0.4, -0.2) is 53.4 Å². The van der Waals surface area contributed by atoms with Crippen molar-refractivity contribution in [1.82, 2.24) is 15.1 Å². The second-order valence-corrected chi connectivity index (χ2v) is 11.2. The van der Waals surface area contributed by atoms with Crippen molar-refractivity contribution in [2.75, 3.05) is 19.6 Å². The predicted molar refractivity (Wildman–Crippen MR) is 146 cm³/mol. The maximum absolute atomic E-state index is 14.1. The van der Waals surface area contributed by atoms with E-state index >= 15 is 0 Å². The first-order valence-corrected chi connectivity index (χ1v) is 14.0. The molecule has 0 saturated carbocycles. The Labute approximate surface area is 223 Å². The second-order valence-electron chi connectivity index (χ2n) is 10.3. The summed E-state index contributed by atoms with van der Waals surface area (Å²) in [4.78, 5) is 32.0. The topological polar surface area (TPSA) is 61.9 Å². The van der Waals surface area contributed by atoms with E-state index in [1.165, 1.54) is 5.56 Å². The van der Waals surface area contributed by atoms with E-state index in [1.54, 1.807) is 0 Å². The molecule has 2 atom stereocenters. The molecule has 2 aliphatic rings. The number of nitrogens with zero attached hydrogens (tertiary/aromatic N) is 2. The second kappa shape index (κ2) is 12.2. The van der Waals surface area contributed by atoms with Crippen LogP contribution in [0.4, 0.5) is 0 Å². The zero-order valence-electron chi connectivity index (χ0n) is 21.6. The van der Waals surface area contributed by atoms with Crippen LogP contribution in [0.15, 0.2) is 53.0 Å². The van der Waals surface area contributed by atoms with Gasteiger partial charge in [0.1, 0.15) is 11.8 Å². The summed E-state index contributed by atoms with van der Waals surface area (Å²) in [5.74, 6) is 0.381. The number of hydrogen-bond acceptors (Lipinski definition) is 4. The average Bonchev–Trinajstić information content (AvgIpc) is 2.99. The molecule has 2 aromatic rings. The van der Waals surface area contributed by atoms with Crippen molar-refractivity contribution >= 4 is 27.7 Å². The highest BCUT2D eigenvalue weighted by Crippen LogP contribution is 2.40. The highest BCUT2D eigenvalue weighted by molar-refractivity contribution is 9.10. The third-order valence-electron chi connectivity index (χ3n) is 7.18. The number of unbranched alkanes of at least 4 members (excludes halogenated alkanes) is 1. The Bertz CT molecular complexity index is 1040. The number of nitrogens with one attached hydrogen (secondary N) is 1. The lowest BCUT2D eigenvalue weighted by Crippen LogP contribution is -2.55. The lowest BCUT2D eigenvalue weighted by Gasteiger charge is -2.42. The number of halogens is 1. The molecule has 0 aliphatic carbocycles. The molecule has 36 heavy (non-hydrogen) atoms. The van der Waals surface area contributed by atoms with E-state index < -0.39 is 12.1 Å². The van der Waals surface area contributed by atoms with Crippen molar-refractivity contribution < 1.29 is 14.3 Å². The van der Waals surface area contributed by atoms with E-state index in [1.807, 2.05) is 43.0 Å². The summed E-state index contributed by atoms with van der Waals surface area (Å²) in [6.45, 7) is 9.37. The Hall–Kier alpha value is -2.38. The molecule has 1 N–H and O–H groups in total. The largest absolute Gasteiger partial charge is 0.480 e. The van der Waals surface area contributed by atoms with Crippen LogP contribution >= 0.6 is 15.9 Å². The molecule has 0 spiro atoms. The third kappa shape index (κ3) is 6.12.